The zero-order valence-corrected chi connectivity index (χ0v) is 11.3. The molecule has 0 fully saturated rings. The van der Waals surface area contributed by atoms with Gasteiger partial charge >= 0.3 is 0 Å². The molecule has 0 aliphatic heterocycles. The quantitative estimate of drug-likeness (QED) is 0.871. The van der Waals surface area contributed by atoms with E-state index in [4.69, 9.17) is 5.73 Å². The van der Waals surface area contributed by atoms with Gasteiger partial charge in [0.15, 0.2) is 0 Å². The zero-order chi connectivity index (χ0) is 13.2. The summed E-state index contributed by atoms with van der Waals surface area (Å²) in [5.41, 5.74) is 6.95. The maximum atomic E-state index is 5.83. The lowest BCUT2D eigenvalue weighted by molar-refractivity contribution is 0.345. The molecule has 0 saturated heterocycles. The van der Waals surface area contributed by atoms with Crippen molar-refractivity contribution in [2.45, 2.75) is 26.8 Å². The van der Waals surface area contributed by atoms with Crippen molar-refractivity contribution in [2.75, 3.05) is 11.9 Å². The van der Waals surface area contributed by atoms with E-state index in [1.54, 1.807) is 0 Å². The van der Waals surface area contributed by atoms with Crippen molar-refractivity contribution in [3.8, 4) is 0 Å². The van der Waals surface area contributed by atoms with Crippen LogP contribution in [0.2, 0.25) is 0 Å². The fourth-order valence-corrected chi connectivity index (χ4v) is 1.95. The minimum Gasteiger partial charge on any atom is -0.366 e. The second-order valence-corrected chi connectivity index (χ2v) is 5.69. The van der Waals surface area contributed by atoms with Gasteiger partial charge in [-0.2, -0.15) is 0 Å². The van der Waals surface area contributed by atoms with Crippen molar-refractivity contribution in [3.63, 3.8) is 0 Å². The molecule has 0 spiro atoms. The highest BCUT2D eigenvalue weighted by molar-refractivity contribution is 5.80. The molecule has 1 aromatic carbocycles. The molecule has 18 heavy (non-hydrogen) atoms. The lowest BCUT2D eigenvalue weighted by atomic mass is 9.87. The summed E-state index contributed by atoms with van der Waals surface area (Å²) in [7, 11) is 0. The Kier molecular flexibility index (Phi) is 3.53. The molecule has 0 amide bonds. The first-order valence-corrected chi connectivity index (χ1v) is 6.33. The maximum Gasteiger partial charge on any atom is 0.126 e. The van der Waals surface area contributed by atoms with Gasteiger partial charge in [-0.15, -0.1) is 0 Å². The van der Waals surface area contributed by atoms with Crippen molar-refractivity contribution in [3.05, 3.63) is 36.4 Å². The fraction of sp³-hybridized carbons (Fsp3) is 0.400. The van der Waals surface area contributed by atoms with Crippen molar-refractivity contribution in [1.82, 2.24) is 4.98 Å². The minimum absolute atomic E-state index is 0.113. The number of hydrogen-bond acceptors (Lipinski definition) is 3. The summed E-state index contributed by atoms with van der Waals surface area (Å²) < 4.78 is 0. The van der Waals surface area contributed by atoms with Gasteiger partial charge in [0.1, 0.15) is 5.82 Å². The highest BCUT2D eigenvalue weighted by Gasteiger charge is 2.23. The number of fused-ring (bicyclic) bond motifs is 1. The second-order valence-electron chi connectivity index (χ2n) is 5.69. The average molecular weight is 243 g/mol. The van der Waals surface area contributed by atoms with Crippen molar-refractivity contribution >= 4 is 16.7 Å². The molecule has 0 aliphatic rings. The summed E-state index contributed by atoms with van der Waals surface area (Å²) in [5, 5.41) is 4.58. The standard InChI is InChI=1S/C15H21N3/c1-15(2,3)13(10-16)18-14-9-8-11-6-4-5-7-12(11)17-14/h4-9,13H,10,16H2,1-3H3,(H,17,18). The topological polar surface area (TPSA) is 50.9 Å². The average Bonchev–Trinajstić information content (AvgIpc) is 2.34. The number of rotatable bonds is 3. The van der Waals surface area contributed by atoms with Gasteiger partial charge in [0, 0.05) is 18.0 Å². The van der Waals surface area contributed by atoms with E-state index < -0.39 is 0 Å². The molecule has 0 saturated carbocycles. The third-order valence-electron chi connectivity index (χ3n) is 3.20. The number of nitrogens with one attached hydrogen (secondary N) is 1. The molecule has 3 heteroatoms. The van der Waals surface area contributed by atoms with Crippen LogP contribution in [0.1, 0.15) is 20.8 Å². The molecule has 1 aromatic heterocycles. The van der Waals surface area contributed by atoms with E-state index in [2.05, 4.69) is 43.2 Å². The first-order chi connectivity index (χ1) is 8.50. The number of aromatic nitrogens is 1. The lowest BCUT2D eigenvalue weighted by Crippen LogP contribution is -2.40. The van der Waals surface area contributed by atoms with E-state index in [9.17, 15) is 0 Å². The Balaban J connectivity index is 2.26. The van der Waals surface area contributed by atoms with Crippen LogP contribution in [-0.2, 0) is 0 Å². The maximum absolute atomic E-state index is 5.83. The number of para-hydroxylation sites is 1. The summed E-state index contributed by atoms with van der Waals surface area (Å²) in [6.45, 7) is 7.13. The molecule has 1 heterocycles. The third kappa shape index (κ3) is 2.79. The van der Waals surface area contributed by atoms with Gasteiger partial charge in [-0.05, 0) is 23.6 Å². The predicted octanol–water partition coefficient (Wildman–Crippen LogP) is 3.02. The molecule has 96 valence electrons. The second kappa shape index (κ2) is 4.94. The molecule has 0 bridgehead atoms. The highest BCUT2D eigenvalue weighted by atomic mass is 15.0. The molecule has 1 unspecified atom stereocenters. The van der Waals surface area contributed by atoms with Crippen LogP contribution >= 0.6 is 0 Å². The van der Waals surface area contributed by atoms with E-state index in [1.165, 1.54) is 0 Å². The summed E-state index contributed by atoms with van der Waals surface area (Å²) >= 11 is 0. The molecule has 3 N–H and O–H groups in total. The molecule has 0 radical (unpaired) electrons. The molecular weight excluding hydrogens is 222 g/mol. The Morgan fingerprint density at radius 1 is 1.17 bits per heavy atom. The van der Waals surface area contributed by atoms with Crippen LogP contribution in [-0.4, -0.2) is 17.6 Å². The van der Waals surface area contributed by atoms with Gasteiger partial charge in [0.25, 0.3) is 0 Å². The van der Waals surface area contributed by atoms with Crippen LogP contribution in [0, 0.1) is 5.41 Å². The summed E-state index contributed by atoms with van der Waals surface area (Å²) in [6.07, 6.45) is 0. The number of nitrogens with zero attached hydrogens (tertiary/aromatic N) is 1. The predicted molar refractivity (Wildman–Crippen MR) is 77.7 cm³/mol. The van der Waals surface area contributed by atoms with Crippen LogP contribution in [0.15, 0.2) is 36.4 Å². The monoisotopic (exact) mass is 243 g/mol. The van der Waals surface area contributed by atoms with Gasteiger partial charge in [0.05, 0.1) is 5.52 Å². The number of nitrogens with two attached hydrogens (primary N) is 1. The highest BCUT2D eigenvalue weighted by Crippen LogP contribution is 2.23. The van der Waals surface area contributed by atoms with Gasteiger partial charge in [-0.3, -0.25) is 0 Å². The molecule has 2 aromatic rings. The first kappa shape index (κ1) is 12.8. The van der Waals surface area contributed by atoms with Crippen LogP contribution in [0.4, 0.5) is 5.82 Å². The van der Waals surface area contributed by atoms with Crippen LogP contribution in [0.25, 0.3) is 10.9 Å². The summed E-state index contributed by atoms with van der Waals surface area (Å²) in [6, 6.07) is 12.4. The zero-order valence-electron chi connectivity index (χ0n) is 11.3. The Labute approximate surface area is 108 Å². The van der Waals surface area contributed by atoms with Gasteiger partial charge in [-0.25, -0.2) is 4.98 Å². The summed E-state index contributed by atoms with van der Waals surface area (Å²) in [5.74, 6) is 0.888. The molecular formula is C15H21N3. The number of pyridine rings is 1. The van der Waals surface area contributed by atoms with E-state index >= 15 is 0 Å². The van der Waals surface area contributed by atoms with Crippen LogP contribution < -0.4 is 11.1 Å². The van der Waals surface area contributed by atoms with Crippen molar-refractivity contribution in [1.29, 1.82) is 0 Å². The Morgan fingerprint density at radius 2 is 1.89 bits per heavy atom. The van der Waals surface area contributed by atoms with Gasteiger partial charge < -0.3 is 11.1 Å². The lowest BCUT2D eigenvalue weighted by Gasteiger charge is -2.30. The fourth-order valence-electron chi connectivity index (χ4n) is 1.95. The van der Waals surface area contributed by atoms with Crippen molar-refractivity contribution < 1.29 is 0 Å². The summed E-state index contributed by atoms with van der Waals surface area (Å²) in [4.78, 5) is 4.61. The van der Waals surface area contributed by atoms with E-state index in [0.29, 0.717) is 6.54 Å². The SMILES string of the molecule is CC(C)(C)C(CN)Nc1ccc2ccccc2n1. The van der Waals surface area contributed by atoms with E-state index in [0.717, 1.165) is 16.7 Å². The van der Waals surface area contributed by atoms with E-state index in [-0.39, 0.29) is 11.5 Å². The third-order valence-corrected chi connectivity index (χ3v) is 3.20. The van der Waals surface area contributed by atoms with Crippen molar-refractivity contribution in [2.24, 2.45) is 11.1 Å². The Hall–Kier alpha value is -1.61. The first-order valence-electron chi connectivity index (χ1n) is 6.33. The molecule has 1 atom stereocenters. The number of benzene rings is 1. The molecule has 2 rings (SSSR count). The molecule has 0 aliphatic carbocycles. The number of anilines is 1. The van der Waals surface area contributed by atoms with E-state index in [1.807, 2.05) is 24.3 Å². The Morgan fingerprint density at radius 3 is 2.56 bits per heavy atom. The normalized spacial score (nSPS) is 13.6. The molecule has 3 nitrogen and oxygen atoms in total. The number of hydrogen-bond donors (Lipinski definition) is 2. The van der Waals surface area contributed by atoms with Crippen LogP contribution in [0.5, 0.6) is 0 Å². The Bertz CT molecular complexity index is 528. The smallest absolute Gasteiger partial charge is 0.126 e. The minimum atomic E-state index is 0.113. The van der Waals surface area contributed by atoms with Gasteiger partial charge in [0.2, 0.25) is 0 Å². The largest absolute Gasteiger partial charge is 0.366 e. The van der Waals surface area contributed by atoms with Gasteiger partial charge in [-0.1, -0.05) is 39.0 Å². The van der Waals surface area contributed by atoms with Crippen LogP contribution in [0.3, 0.4) is 0 Å².